The van der Waals surface area contributed by atoms with Crippen LogP contribution in [0.15, 0.2) is 53.6 Å². The first-order valence-electron chi connectivity index (χ1n) is 8.95. The van der Waals surface area contributed by atoms with Gasteiger partial charge in [0.15, 0.2) is 0 Å². The summed E-state index contributed by atoms with van der Waals surface area (Å²) in [6.07, 6.45) is 0.324. The van der Waals surface area contributed by atoms with E-state index in [1.165, 1.54) is 23.5 Å². The number of carbonyl (C=O) groups is 1. The molecule has 0 spiro atoms. The predicted octanol–water partition coefficient (Wildman–Crippen LogP) is 4.23. The van der Waals surface area contributed by atoms with Gasteiger partial charge in [-0.15, -0.1) is 11.3 Å². The van der Waals surface area contributed by atoms with E-state index in [4.69, 9.17) is 10.8 Å². The van der Waals surface area contributed by atoms with Crippen molar-refractivity contribution in [3.05, 3.63) is 48.7 Å². The molecule has 2 aromatic carbocycles. The van der Waals surface area contributed by atoms with Gasteiger partial charge in [0.2, 0.25) is 10.0 Å². The van der Waals surface area contributed by atoms with E-state index in [1.807, 2.05) is 12.1 Å². The lowest BCUT2D eigenvalue weighted by Crippen LogP contribution is -2.40. The molecule has 1 amide bonds. The number of benzene rings is 2. The average Bonchev–Trinajstić information content (AvgIpc) is 3.09. The van der Waals surface area contributed by atoms with Gasteiger partial charge in [-0.1, -0.05) is 6.07 Å². The van der Waals surface area contributed by atoms with Crippen LogP contribution in [0.4, 0.5) is 16.2 Å². The monoisotopic (exact) mass is 446 g/mol. The van der Waals surface area contributed by atoms with E-state index in [2.05, 4.69) is 15.0 Å². The molecule has 3 aromatic rings. The van der Waals surface area contributed by atoms with Crippen molar-refractivity contribution in [2.75, 3.05) is 11.1 Å². The third-order valence-electron chi connectivity index (χ3n) is 3.89. The van der Waals surface area contributed by atoms with Crippen LogP contribution in [0.3, 0.4) is 0 Å². The first kappa shape index (κ1) is 21.8. The van der Waals surface area contributed by atoms with E-state index < -0.39 is 21.7 Å². The predicted molar refractivity (Wildman–Crippen MR) is 119 cm³/mol. The summed E-state index contributed by atoms with van der Waals surface area (Å²) in [5.41, 5.74) is 7.11. The molecule has 0 radical (unpaired) electrons. The summed E-state index contributed by atoms with van der Waals surface area (Å²) >= 11 is 1.33. The summed E-state index contributed by atoms with van der Waals surface area (Å²) in [7, 11) is -3.94. The summed E-state index contributed by atoms with van der Waals surface area (Å²) in [4.78, 5) is 16.0. The molecule has 1 heterocycles. The van der Waals surface area contributed by atoms with Crippen molar-refractivity contribution in [1.29, 1.82) is 0 Å². The van der Waals surface area contributed by atoms with Crippen LogP contribution < -0.4 is 15.8 Å². The Morgan fingerprint density at radius 1 is 1.13 bits per heavy atom. The van der Waals surface area contributed by atoms with Gasteiger partial charge in [-0.05, 0) is 57.2 Å². The second kappa shape index (κ2) is 8.05. The third kappa shape index (κ3) is 5.15. The van der Waals surface area contributed by atoms with Gasteiger partial charge < -0.3 is 10.8 Å². The van der Waals surface area contributed by atoms with Crippen LogP contribution in [0.1, 0.15) is 20.8 Å². The second-order valence-electron chi connectivity index (χ2n) is 7.65. The number of nitrogens with zero attached hydrogens (tertiary/aromatic N) is 1. The maximum absolute atomic E-state index is 13.1. The number of amides is 1. The standard InChI is InChI=1S/C20H22N4O4S2/c1-20(2,3)24-30(27,28)17-10-14(23-19(25)26)8-9-15(17)16-11-22-18(29-16)12-4-6-13(21)7-5-12/h4-11,23-24H,21H2,1-3H3,(H,25,26). The molecule has 0 aliphatic heterocycles. The first-order valence-corrected chi connectivity index (χ1v) is 11.2. The fraction of sp³-hybridized carbons (Fsp3) is 0.200. The highest BCUT2D eigenvalue weighted by Crippen LogP contribution is 2.37. The Morgan fingerprint density at radius 2 is 1.80 bits per heavy atom. The van der Waals surface area contributed by atoms with Gasteiger partial charge >= 0.3 is 6.09 Å². The first-order chi connectivity index (χ1) is 13.9. The second-order valence-corrected chi connectivity index (χ2v) is 10.3. The third-order valence-corrected chi connectivity index (χ3v) is 6.77. The minimum absolute atomic E-state index is 0.0313. The van der Waals surface area contributed by atoms with Gasteiger partial charge in [0.05, 0.1) is 9.77 Å². The summed E-state index contributed by atoms with van der Waals surface area (Å²) in [6.45, 7) is 5.19. The van der Waals surface area contributed by atoms with Gasteiger partial charge in [0.1, 0.15) is 5.01 Å². The summed E-state index contributed by atoms with van der Waals surface area (Å²) in [5.74, 6) is 0. The summed E-state index contributed by atoms with van der Waals surface area (Å²) < 4.78 is 28.8. The lowest BCUT2D eigenvalue weighted by atomic mass is 10.1. The number of hydrogen-bond donors (Lipinski definition) is 4. The molecule has 10 heteroatoms. The highest BCUT2D eigenvalue weighted by atomic mass is 32.2. The number of nitrogens with one attached hydrogen (secondary N) is 2. The van der Waals surface area contributed by atoms with E-state index in [1.54, 1.807) is 45.2 Å². The van der Waals surface area contributed by atoms with Gasteiger partial charge in [0, 0.05) is 34.2 Å². The molecule has 5 N–H and O–H groups in total. The smallest absolute Gasteiger partial charge is 0.409 e. The van der Waals surface area contributed by atoms with Crippen molar-refractivity contribution < 1.29 is 18.3 Å². The average molecular weight is 447 g/mol. The highest BCUT2D eigenvalue weighted by molar-refractivity contribution is 7.89. The topological polar surface area (TPSA) is 134 Å². The van der Waals surface area contributed by atoms with E-state index >= 15 is 0 Å². The van der Waals surface area contributed by atoms with E-state index in [9.17, 15) is 13.2 Å². The fourth-order valence-corrected chi connectivity index (χ4v) is 5.46. The fourth-order valence-electron chi connectivity index (χ4n) is 2.77. The molecule has 8 nitrogen and oxygen atoms in total. The largest absolute Gasteiger partial charge is 0.465 e. The lowest BCUT2D eigenvalue weighted by molar-refractivity contribution is 0.209. The number of anilines is 2. The Morgan fingerprint density at radius 3 is 2.40 bits per heavy atom. The number of carboxylic acid groups (broad SMARTS) is 1. The minimum Gasteiger partial charge on any atom is -0.465 e. The molecular formula is C20H22N4O4S2. The molecule has 0 unspecified atom stereocenters. The molecule has 0 saturated carbocycles. The van der Waals surface area contributed by atoms with Crippen LogP contribution in [0.5, 0.6) is 0 Å². The Labute approximate surface area is 178 Å². The van der Waals surface area contributed by atoms with Crippen LogP contribution in [0, 0.1) is 0 Å². The van der Waals surface area contributed by atoms with Crippen LogP contribution >= 0.6 is 11.3 Å². The molecule has 3 rings (SSSR count). The molecule has 0 bridgehead atoms. The molecule has 0 atom stereocenters. The molecule has 158 valence electrons. The number of nitrogens with two attached hydrogens (primary N) is 1. The van der Waals surface area contributed by atoms with Crippen LogP contribution in [-0.4, -0.2) is 30.1 Å². The maximum atomic E-state index is 13.1. The van der Waals surface area contributed by atoms with Crippen molar-refractivity contribution in [2.45, 2.75) is 31.2 Å². The Balaban J connectivity index is 2.10. The van der Waals surface area contributed by atoms with Crippen LogP contribution in [-0.2, 0) is 10.0 Å². The van der Waals surface area contributed by atoms with Gasteiger partial charge in [-0.2, -0.15) is 0 Å². The molecule has 0 fully saturated rings. The normalized spacial score (nSPS) is 12.0. The van der Waals surface area contributed by atoms with Crippen molar-refractivity contribution >= 4 is 38.8 Å². The van der Waals surface area contributed by atoms with Gasteiger partial charge in [-0.25, -0.2) is 22.9 Å². The quantitative estimate of drug-likeness (QED) is 0.433. The lowest BCUT2D eigenvalue weighted by Gasteiger charge is -2.21. The number of thiazole rings is 1. The van der Waals surface area contributed by atoms with Crippen molar-refractivity contribution in [2.24, 2.45) is 0 Å². The van der Waals surface area contributed by atoms with Crippen molar-refractivity contribution in [3.63, 3.8) is 0 Å². The molecule has 0 aliphatic rings. The van der Waals surface area contributed by atoms with E-state index in [0.717, 1.165) is 5.56 Å². The van der Waals surface area contributed by atoms with Gasteiger partial charge in [0.25, 0.3) is 0 Å². The number of sulfonamides is 1. The number of aromatic nitrogens is 1. The Bertz CT molecular complexity index is 1180. The number of nitrogen functional groups attached to an aromatic ring is 1. The minimum atomic E-state index is -3.94. The molecule has 30 heavy (non-hydrogen) atoms. The number of hydrogen-bond acceptors (Lipinski definition) is 6. The maximum Gasteiger partial charge on any atom is 0.409 e. The zero-order chi connectivity index (χ0) is 22.1. The Hall–Kier alpha value is -2.95. The van der Waals surface area contributed by atoms with E-state index in [-0.39, 0.29) is 10.6 Å². The van der Waals surface area contributed by atoms with Gasteiger partial charge in [-0.3, -0.25) is 5.32 Å². The van der Waals surface area contributed by atoms with Crippen LogP contribution in [0.2, 0.25) is 0 Å². The summed E-state index contributed by atoms with van der Waals surface area (Å²) in [5, 5.41) is 11.9. The SMILES string of the molecule is CC(C)(C)NS(=O)(=O)c1cc(NC(=O)O)ccc1-c1cnc(-c2ccc(N)cc2)s1. The molecule has 1 aromatic heterocycles. The molecule has 0 saturated heterocycles. The highest BCUT2D eigenvalue weighted by Gasteiger charge is 2.26. The number of rotatable bonds is 5. The van der Waals surface area contributed by atoms with Crippen molar-refractivity contribution in [1.82, 2.24) is 9.71 Å². The zero-order valence-corrected chi connectivity index (χ0v) is 18.3. The summed E-state index contributed by atoms with van der Waals surface area (Å²) in [6, 6.07) is 11.6. The molecular weight excluding hydrogens is 424 g/mol. The van der Waals surface area contributed by atoms with E-state index in [0.29, 0.717) is 21.1 Å². The Kier molecular flexibility index (Phi) is 5.84. The zero-order valence-electron chi connectivity index (χ0n) is 16.6. The molecule has 0 aliphatic carbocycles. The van der Waals surface area contributed by atoms with Crippen LogP contribution in [0.25, 0.3) is 21.0 Å². The van der Waals surface area contributed by atoms with Crippen molar-refractivity contribution in [3.8, 4) is 21.0 Å².